The number of rotatable bonds is 5. The molecule has 2 heterocycles. The number of thiophene rings is 1. The monoisotopic (exact) mass is 454 g/mol. The van der Waals surface area contributed by atoms with Gasteiger partial charge in [0.15, 0.2) is 0 Å². The van der Waals surface area contributed by atoms with Crippen LogP contribution in [0.1, 0.15) is 42.3 Å². The van der Waals surface area contributed by atoms with E-state index in [1.165, 1.54) is 28.1 Å². The summed E-state index contributed by atoms with van der Waals surface area (Å²) in [5.41, 5.74) is 2.82. The number of amides is 1. The quantitative estimate of drug-likeness (QED) is 0.356. The van der Waals surface area contributed by atoms with Crippen LogP contribution in [0.4, 0.5) is 5.69 Å². The van der Waals surface area contributed by atoms with Gasteiger partial charge in [-0.1, -0.05) is 19.1 Å². The molecule has 0 fully saturated rings. The molecule has 10 nitrogen and oxygen atoms in total. The Morgan fingerprint density at radius 1 is 1.47 bits per heavy atom. The van der Waals surface area contributed by atoms with Crippen LogP contribution < -0.4 is 16.1 Å². The van der Waals surface area contributed by atoms with Crippen molar-refractivity contribution in [3.63, 3.8) is 0 Å². The summed E-state index contributed by atoms with van der Waals surface area (Å²) in [6.07, 6.45) is 5.35. The summed E-state index contributed by atoms with van der Waals surface area (Å²) in [6, 6.07) is 2.63. The van der Waals surface area contributed by atoms with Gasteiger partial charge in [-0.25, -0.2) is 10.4 Å². The Morgan fingerprint density at radius 3 is 3.00 bits per heavy atom. The zero-order valence-corrected chi connectivity index (χ0v) is 18.2. The lowest BCUT2D eigenvalue weighted by atomic mass is 9.89. The van der Waals surface area contributed by atoms with E-state index >= 15 is 0 Å². The first kappa shape index (κ1) is 21.6. The molecule has 0 bridgehead atoms. The lowest BCUT2D eigenvalue weighted by Gasteiger charge is -2.18. The number of nitro groups is 1. The maximum atomic E-state index is 13.1. The van der Waals surface area contributed by atoms with Gasteiger partial charge in [-0.3, -0.25) is 24.3 Å². The van der Waals surface area contributed by atoms with E-state index in [-0.39, 0.29) is 11.1 Å². The van der Waals surface area contributed by atoms with E-state index in [0.29, 0.717) is 16.1 Å². The fraction of sp³-hybridized carbons (Fsp3) is 0.333. The lowest BCUT2D eigenvalue weighted by molar-refractivity contribution is -0.398. The largest absolute Gasteiger partial charge is 0.868 e. The highest BCUT2D eigenvalue weighted by Crippen LogP contribution is 2.35. The van der Waals surface area contributed by atoms with Crippen molar-refractivity contribution in [3.8, 4) is 5.75 Å². The van der Waals surface area contributed by atoms with E-state index in [1.807, 2.05) is 0 Å². The summed E-state index contributed by atoms with van der Waals surface area (Å²) in [6.45, 7) is 3.76. The Bertz CT molecular complexity index is 1310. The van der Waals surface area contributed by atoms with Crippen LogP contribution in [0.15, 0.2) is 34.4 Å². The minimum Gasteiger partial charge on any atom is -0.868 e. The number of hydrogen-bond acceptors (Lipinski definition) is 8. The Hall–Kier alpha value is -3.60. The number of benzene rings is 1. The summed E-state index contributed by atoms with van der Waals surface area (Å²) in [5.74, 6) is -0.680. The molecule has 0 radical (unpaired) electrons. The number of carbonyl (C=O) groups is 1. The first-order chi connectivity index (χ1) is 15.3. The highest BCUT2D eigenvalue weighted by atomic mass is 32.1. The molecule has 1 aliphatic rings. The van der Waals surface area contributed by atoms with E-state index in [4.69, 9.17) is 0 Å². The van der Waals surface area contributed by atoms with Gasteiger partial charge in [0.05, 0.1) is 22.9 Å². The van der Waals surface area contributed by atoms with Gasteiger partial charge in [-0.15, -0.1) is 11.3 Å². The molecule has 0 spiro atoms. The molecule has 4 rings (SSSR count). The number of hydrogen-bond donors (Lipinski definition) is 1. The van der Waals surface area contributed by atoms with Crippen LogP contribution in [0.25, 0.3) is 10.2 Å². The van der Waals surface area contributed by atoms with Crippen molar-refractivity contribution in [1.29, 1.82) is 0 Å². The number of nitrogens with zero attached hydrogens (tertiary/aromatic N) is 4. The van der Waals surface area contributed by atoms with Crippen LogP contribution in [-0.4, -0.2) is 26.6 Å². The van der Waals surface area contributed by atoms with Gasteiger partial charge in [0.1, 0.15) is 10.9 Å². The Morgan fingerprint density at radius 2 is 2.25 bits per heavy atom. The third kappa shape index (κ3) is 3.98. The number of nitro benzene ring substituents is 1. The molecule has 11 heteroatoms. The third-order valence-corrected chi connectivity index (χ3v) is 6.77. The molecule has 0 saturated heterocycles. The number of aromatic nitrogens is 2. The number of nitrogens with one attached hydrogen (secondary N) is 1. The molecule has 0 saturated carbocycles. The molecule has 1 N–H and O–H groups in total. The van der Waals surface area contributed by atoms with Gasteiger partial charge < -0.3 is 5.11 Å². The van der Waals surface area contributed by atoms with Crippen molar-refractivity contribution in [2.45, 2.75) is 39.2 Å². The van der Waals surface area contributed by atoms with Crippen molar-refractivity contribution in [2.24, 2.45) is 11.0 Å². The van der Waals surface area contributed by atoms with Crippen LogP contribution >= 0.6 is 11.3 Å². The molecule has 0 aliphatic heterocycles. The van der Waals surface area contributed by atoms with E-state index in [2.05, 4.69) is 22.4 Å². The van der Waals surface area contributed by atoms with Crippen LogP contribution in [-0.2, 0) is 17.6 Å². The highest BCUT2D eigenvalue weighted by molar-refractivity contribution is 7.18. The van der Waals surface area contributed by atoms with Crippen LogP contribution in [0.3, 0.4) is 0 Å². The van der Waals surface area contributed by atoms with Gasteiger partial charge >= 0.3 is 0 Å². The maximum absolute atomic E-state index is 13.1. The van der Waals surface area contributed by atoms with Crippen LogP contribution in [0.2, 0.25) is 0 Å². The average molecular weight is 454 g/mol. The number of aryl methyl sites for hydroxylation is 1. The fourth-order valence-corrected chi connectivity index (χ4v) is 5.11. The molecule has 1 aliphatic carbocycles. The predicted molar refractivity (Wildman–Crippen MR) is 118 cm³/mol. The average Bonchev–Trinajstić information content (AvgIpc) is 3.12. The Labute approximate surface area is 186 Å². The topological polar surface area (TPSA) is 143 Å². The minimum atomic E-state index is -0.868. The van der Waals surface area contributed by atoms with Gasteiger partial charge in [0.25, 0.3) is 17.2 Å². The summed E-state index contributed by atoms with van der Waals surface area (Å²) in [4.78, 5) is 42.1. The first-order valence-corrected chi connectivity index (χ1v) is 10.9. The highest BCUT2D eigenvalue weighted by Gasteiger charge is 2.25. The fourth-order valence-electron chi connectivity index (χ4n) is 3.77. The molecule has 2 atom stereocenters. The lowest BCUT2D eigenvalue weighted by Crippen LogP contribution is -2.34. The molecule has 3 aromatic rings. The SMILES string of the molecule is C[C@@H]1CCc2c(sc3ncn([C@H](C)C(=O)N/N=C\c4ccc([O-])c([N+](=O)[O-])c4)c(=O)c23)C1. The second-order valence-electron chi connectivity index (χ2n) is 7.88. The van der Waals surface area contributed by atoms with Crippen molar-refractivity contribution >= 4 is 39.4 Å². The van der Waals surface area contributed by atoms with Crippen molar-refractivity contribution in [3.05, 3.63) is 61.0 Å². The standard InChI is InChI=1S/C21H21N5O5S/c1-11-3-5-14-17(7-11)32-20-18(14)21(29)25(10-22-20)12(2)19(28)24-23-9-13-4-6-16(27)15(8-13)26(30)31/h4,6,8-12,27H,3,5,7H2,1-2H3,(H,24,28)/p-1/b23-9-/t11-,12-/m1/s1. The zero-order valence-electron chi connectivity index (χ0n) is 17.4. The first-order valence-electron chi connectivity index (χ1n) is 10.1. The zero-order chi connectivity index (χ0) is 23.0. The van der Waals surface area contributed by atoms with Crippen molar-refractivity contribution < 1.29 is 14.8 Å². The number of hydrazone groups is 1. The van der Waals surface area contributed by atoms with Gasteiger partial charge in [0.2, 0.25) is 0 Å². The second-order valence-corrected chi connectivity index (χ2v) is 8.97. The van der Waals surface area contributed by atoms with Gasteiger partial charge in [-0.05, 0) is 43.4 Å². The van der Waals surface area contributed by atoms with Crippen LogP contribution in [0, 0.1) is 16.0 Å². The molecule has 1 amide bonds. The molecule has 32 heavy (non-hydrogen) atoms. The second kappa shape index (κ2) is 8.50. The summed E-state index contributed by atoms with van der Waals surface area (Å²) < 4.78 is 1.29. The molecule has 166 valence electrons. The van der Waals surface area contributed by atoms with Gasteiger partial charge in [0, 0.05) is 16.5 Å². The van der Waals surface area contributed by atoms with Crippen LogP contribution in [0.5, 0.6) is 5.75 Å². The smallest absolute Gasteiger partial charge is 0.263 e. The molecule has 0 unspecified atom stereocenters. The van der Waals surface area contributed by atoms with E-state index in [1.54, 1.807) is 18.3 Å². The number of fused-ring (bicyclic) bond motifs is 3. The van der Waals surface area contributed by atoms with E-state index < -0.39 is 28.3 Å². The van der Waals surface area contributed by atoms with Crippen molar-refractivity contribution in [2.75, 3.05) is 0 Å². The third-order valence-electron chi connectivity index (χ3n) is 5.61. The molecule has 2 aromatic heterocycles. The van der Waals surface area contributed by atoms with E-state index in [9.17, 15) is 24.8 Å². The van der Waals surface area contributed by atoms with Crippen molar-refractivity contribution in [1.82, 2.24) is 15.0 Å². The summed E-state index contributed by atoms with van der Waals surface area (Å²) in [5, 5.41) is 26.7. The normalized spacial score (nSPS) is 16.8. The summed E-state index contributed by atoms with van der Waals surface area (Å²) in [7, 11) is 0. The Balaban J connectivity index is 1.54. The molecule has 1 aromatic carbocycles. The number of carbonyl (C=O) groups excluding carboxylic acids is 1. The van der Waals surface area contributed by atoms with Gasteiger partial charge in [-0.2, -0.15) is 5.10 Å². The Kier molecular flexibility index (Phi) is 5.74. The predicted octanol–water partition coefficient (Wildman–Crippen LogP) is 2.28. The summed E-state index contributed by atoms with van der Waals surface area (Å²) >= 11 is 1.54. The molecular formula is C21H20N5O5S-. The van der Waals surface area contributed by atoms with E-state index in [0.717, 1.165) is 37.0 Å². The maximum Gasteiger partial charge on any atom is 0.263 e. The minimum absolute atomic E-state index is 0.254. The molecular weight excluding hydrogens is 434 g/mol.